The van der Waals surface area contributed by atoms with Crippen molar-refractivity contribution in [1.29, 1.82) is 0 Å². The number of aromatic nitrogens is 3. The van der Waals surface area contributed by atoms with E-state index in [0.717, 1.165) is 32.4 Å². The van der Waals surface area contributed by atoms with Gasteiger partial charge in [-0.15, -0.1) is 0 Å². The Kier molecular flexibility index (Phi) is 2.98. The number of fused-ring (bicyclic) bond motifs is 1. The molecule has 0 aliphatic rings. The summed E-state index contributed by atoms with van der Waals surface area (Å²) in [5.74, 6) is 0.843. The van der Waals surface area contributed by atoms with Gasteiger partial charge in [-0.2, -0.15) is 5.10 Å². The second kappa shape index (κ2) is 4.66. The van der Waals surface area contributed by atoms with Crippen LogP contribution in [0.25, 0.3) is 10.8 Å². The van der Waals surface area contributed by atoms with Crippen LogP contribution in [-0.2, 0) is 7.05 Å². The van der Waals surface area contributed by atoms with Crippen LogP contribution >= 0.6 is 15.9 Å². The Morgan fingerprint density at radius 2 is 2.05 bits per heavy atom. The zero-order valence-corrected chi connectivity index (χ0v) is 12.3. The molecule has 5 heteroatoms. The minimum atomic E-state index is 0.843. The van der Waals surface area contributed by atoms with E-state index in [4.69, 9.17) is 0 Å². The van der Waals surface area contributed by atoms with E-state index in [0.29, 0.717) is 0 Å². The van der Waals surface area contributed by atoms with Gasteiger partial charge in [0.1, 0.15) is 5.82 Å². The summed E-state index contributed by atoms with van der Waals surface area (Å²) in [6, 6.07) is 8.10. The van der Waals surface area contributed by atoms with Gasteiger partial charge < -0.3 is 5.32 Å². The molecule has 1 aromatic carbocycles. The SMILES string of the molecule is Cc1nn(C)cc1Nc1nccc2c(Br)cccc12. The van der Waals surface area contributed by atoms with Crippen LogP contribution in [0.1, 0.15) is 5.69 Å². The molecule has 96 valence electrons. The van der Waals surface area contributed by atoms with Gasteiger partial charge in [-0.3, -0.25) is 4.68 Å². The van der Waals surface area contributed by atoms with Gasteiger partial charge in [-0.25, -0.2) is 4.98 Å². The zero-order valence-electron chi connectivity index (χ0n) is 10.7. The number of anilines is 2. The molecular weight excluding hydrogens is 304 g/mol. The van der Waals surface area contributed by atoms with Crippen LogP contribution in [0.15, 0.2) is 41.1 Å². The van der Waals surface area contributed by atoms with Crippen LogP contribution in [0.2, 0.25) is 0 Å². The predicted molar refractivity (Wildman–Crippen MR) is 80.7 cm³/mol. The van der Waals surface area contributed by atoms with Crippen LogP contribution in [-0.4, -0.2) is 14.8 Å². The maximum atomic E-state index is 4.42. The lowest BCUT2D eigenvalue weighted by molar-refractivity contribution is 0.756. The fourth-order valence-corrected chi connectivity index (χ4v) is 2.62. The van der Waals surface area contributed by atoms with Crippen molar-refractivity contribution >= 4 is 38.2 Å². The first kappa shape index (κ1) is 12.2. The monoisotopic (exact) mass is 316 g/mol. The average Bonchev–Trinajstić information content (AvgIpc) is 2.69. The molecule has 0 aliphatic heterocycles. The van der Waals surface area contributed by atoms with E-state index in [2.05, 4.69) is 37.4 Å². The van der Waals surface area contributed by atoms with Gasteiger partial charge in [0.15, 0.2) is 0 Å². The van der Waals surface area contributed by atoms with Crippen LogP contribution < -0.4 is 5.32 Å². The molecule has 19 heavy (non-hydrogen) atoms. The topological polar surface area (TPSA) is 42.7 Å². The fourth-order valence-electron chi connectivity index (χ4n) is 2.12. The molecule has 2 heterocycles. The van der Waals surface area contributed by atoms with Gasteiger partial charge >= 0.3 is 0 Å². The van der Waals surface area contributed by atoms with Crippen molar-refractivity contribution in [3.8, 4) is 0 Å². The average molecular weight is 317 g/mol. The van der Waals surface area contributed by atoms with Gasteiger partial charge in [-0.05, 0) is 19.1 Å². The molecule has 1 N–H and O–H groups in total. The third kappa shape index (κ3) is 2.21. The normalized spacial score (nSPS) is 10.9. The third-order valence-electron chi connectivity index (χ3n) is 3.02. The lowest BCUT2D eigenvalue weighted by Crippen LogP contribution is -1.95. The molecule has 0 saturated heterocycles. The number of rotatable bonds is 2. The van der Waals surface area contributed by atoms with E-state index in [-0.39, 0.29) is 0 Å². The molecule has 0 fully saturated rings. The van der Waals surface area contributed by atoms with Gasteiger partial charge in [0.2, 0.25) is 0 Å². The Morgan fingerprint density at radius 1 is 1.21 bits per heavy atom. The highest BCUT2D eigenvalue weighted by atomic mass is 79.9. The quantitative estimate of drug-likeness (QED) is 0.782. The number of pyridine rings is 1. The number of nitrogens with one attached hydrogen (secondary N) is 1. The van der Waals surface area contributed by atoms with E-state index in [1.54, 1.807) is 10.9 Å². The van der Waals surface area contributed by atoms with Crippen molar-refractivity contribution in [2.75, 3.05) is 5.32 Å². The molecule has 2 aromatic heterocycles. The lowest BCUT2D eigenvalue weighted by atomic mass is 10.1. The Bertz CT molecular complexity index is 748. The van der Waals surface area contributed by atoms with Crippen molar-refractivity contribution in [3.05, 3.63) is 46.8 Å². The standard InChI is InChI=1S/C14H13BrN4/c1-9-13(8-19(2)18-9)17-14-11-4-3-5-12(15)10(11)6-7-16-14/h3-8H,1-2H3,(H,16,17). The first-order chi connectivity index (χ1) is 9.15. The van der Waals surface area contributed by atoms with E-state index in [1.165, 1.54) is 0 Å². The largest absolute Gasteiger partial charge is 0.337 e. The van der Waals surface area contributed by atoms with Crippen LogP contribution in [0.4, 0.5) is 11.5 Å². The summed E-state index contributed by atoms with van der Waals surface area (Å²) in [5.41, 5.74) is 1.93. The molecule has 0 bridgehead atoms. The Hall–Kier alpha value is -1.88. The highest BCUT2D eigenvalue weighted by Gasteiger charge is 2.08. The Balaban J connectivity index is 2.11. The number of halogens is 1. The van der Waals surface area contributed by atoms with Gasteiger partial charge in [0, 0.05) is 34.7 Å². The number of hydrogen-bond acceptors (Lipinski definition) is 3. The summed E-state index contributed by atoms with van der Waals surface area (Å²) in [6.45, 7) is 1.98. The number of hydrogen-bond donors (Lipinski definition) is 1. The van der Waals surface area contributed by atoms with E-state index < -0.39 is 0 Å². The molecule has 3 aromatic rings. The third-order valence-corrected chi connectivity index (χ3v) is 3.71. The predicted octanol–water partition coefficient (Wildman–Crippen LogP) is 3.78. The molecule has 0 spiro atoms. The van der Waals surface area contributed by atoms with Crippen molar-refractivity contribution < 1.29 is 0 Å². The van der Waals surface area contributed by atoms with Gasteiger partial charge in [0.05, 0.1) is 11.4 Å². The summed E-state index contributed by atoms with van der Waals surface area (Å²) >= 11 is 3.56. The minimum absolute atomic E-state index is 0.843. The highest BCUT2D eigenvalue weighted by molar-refractivity contribution is 9.10. The second-order valence-corrected chi connectivity index (χ2v) is 5.28. The van der Waals surface area contributed by atoms with Crippen molar-refractivity contribution in [3.63, 3.8) is 0 Å². The Morgan fingerprint density at radius 3 is 2.79 bits per heavy atom. The molecule has 0 amide bonds. The van der Waals surface area contributed by atoms with E-state index >= 15 is 0 Å². The highest BCUT2D eigenvalue weighted by Crippen LogP contribution is 2.29. The first-order valence-corrected chi connectivity index (χ1v) is 6.75. The summed E-state index contributed by atoms with van der Waals surface area (Å²) in [7, 11) is 1.91. The van der Waals surface area contributed by atoms with Crippen LogP contribution in [0, 0.1) is 6.92 Å². The summed E-state index contributed by atoms with van der Waals surface area (Å²) < 4.78 is 2.86. The van der Waals surface area contributed by atoms with Gasteiger partial charge in [-0.1, -0.05) is 28.1 Å². The summed E-state index contributed by atoms with van der Waals surface area (Å²) in [5, 5.41) is 9.89. The van der Waals surface area contributed by atoms with Gasteiger partial charge in [0.25, 0.3) is 0 Å². The summed E-state index contributed by atoms with van der Waals surface area (Å²) in [4.78, 5) is 4.42. The van der Waals surface area contributed by atoms with E-state index in [1.807, 2.05) is 38.4 Å². The van der Waals surface area contributed by atoms with Crippen molar-refractivity contribution in [1.82, 2.24) is 14.8 Å². The van der Waals surface area contributed by atoms with Crippen molar-refractivity contribution in [2.45, 2.75) is 6.92 Å². The molecule has 0 aliphatic carbocycles. The van der Waals surface area contributed by atoms with Crippen molar-refractivity contribution in [2.24, 2.45) is 7.05 Å². The maximum absolute atomic E-state index is 4.42. The minimum Gasteiger partial charge on any atom is -0.337 e. The smallest absolute Gasteiger partial charge is 0.138 e. The summed E-state index contributed by atoms with van der Waals surface area (Å²) in [6.07, 6.45) is 3.76. The van der Waals surface area contributed by atoms with E-state index in [9.17, 15) is 0 Å². The second-order valence-electron chi connectivity index (χ2n) is 4.42. The zero-order chi connectivity index (χ0) is 13.4. The number of benzene rings is 1. The molecule has 3 rings (SSSR count). The molecule has 4 nitrogen and oxygen atoms in total. The van der Waals surface area contributed by atoms with Crippen LogP contribution in [0.3, 0.4) is 0 Å². The maximum Gasteiger partial charge on any atom is 0.138 e. The number of nitrogens with zero attached hydrogens (tertiary/aromatic N) is 3. The lowest BCUT2D eigenvalue weighted by Gasteiger charge is -2.08. The Labute approximate surface area is 119 Å². The first-order valence-electron chi connectivity index (χ1n) is 5.95. The molecule has 0 unspecified atom stereocenters. The van der Waals surface area contributed by atoms with Crippen LogP contribution in [0.5, 0.6) is 0 Å². The molecule has 0 saturated carbocycles. The molecule has 0 radical (unpaired) electrons. The fraction of sp³-hybridized carbons (Fsp3) is 0.143. The number of aryl methyl sites for hydroxylation is 2. The molecule has 0 atom stereocenters. The molecular formula is C14H13BrN4.